The molecule has 4 bridgehead atoms. The average Bonchev–Trinajstić information content (AvgIpc) is 2.74. The number of hydrogen-bond donors (Lipinski definition) is 1. The molecule has 6 nitrogen and oxygen atoms in total. The summed E-state index contributed by atoms with van der Waals surface area (Å²) in [4.78, 5) is 34.1. The monoisotopic (exact) mass is 410 g/mol. The predicted molar refractivity (Wildman–Crippen MR) is 114 cm³/mol. The Morgan fingerprint density at radius 3 is 2.17 bits per heavy atom. The molecule has 0 radical (unpaired) electrons. The lowest BCUT2D eigenvalue weighted by molar-refractivity contribution is -0.146. The molecule has 0 aromatic carbocycles. The van der Waals surface area contributed by atoms with Gasteiger partial charge in [-0.25, -0.2) is 0 Å². The summed E-state index contributed by atoms with van der Waals surface area (Å²) < 4.78 is 0. The van der Waals surface area contributed by atoms with Gasteiger partial charge in [-0.1, -0.05) is 0 Å². The van der Waals surface area contributed by atoms with Crippen molar-refractivity contribution in [3.63, 3.8) is 0 Å². The first kappa shape index (κ1) is 20.0. The predicted octanol–water partition coefficient (Wildman–Crippen LogP) is 2.45. The zero-order valence-corrected chi connectivity index (χ0v) is 17.9. The number of hydrogen-bond acceptors (Lipinski definition) is 4. The van der Waals surface area contributed by atoms with E-state index in [4.69, 9.17) is 0 Å². The molecule has 0 unspecified atom stereocenters. The first-order valence-corrected chi connectivity index (χ1v) is 11.8. The number of aromatic nitrogens is 1. The summed E-state index contributed by atoms with van der Waals surface area (Å²) in [5, 5.41) is 3.15. The third-order valence-electron chi connectivity index (χ3n) is 8.02. The molecule has 4 saturated carbocycles. The summed E-state index contributed by atoms with van der Waals surface area (Å²) in [6.07, 6.45) is 11.4. The fraction of sp³-hybridized carbons (Fsp3) is 0.708. The van der Waals surface area contributed by atoms with Gasteiger partial charge in [-0.2, -0.15) is 0 Å². The van der Waals surface area contributed by atoms with Gasteiger partial charge < -0.3 is 10.2 Å². The third-order valence-corrected chi connectivity index (χ3v) is 8.02. The summed E-state index contributed by atoms with van der Waals surface area (Å²) in [7, 11) is 0. The van der Waals surface area contributed by atoms with Crippen molar-refractivity contribution in [3.8, 4) is 0 Å². The molecular weight excluding hydrogens is 376 g/mol. The van der Waals surface area contributed by atoms with Crippen LogP contribution >= 0.6 is 0 Å². The Bertz CT molecular complexity index is 737. The van der Waals surface area contributed by atoms with Crippen molar-refractivity contribution in [2.24, 2.45) is 23.2 Å². The summed E-state index contributed by atoms with van der Waals surface area (Å²) in [6, 6.07) is 4.09. The van der Waals surface area contributed by atoms with Crippen molar-refractivity contribution in [1.29, 1.82) is 0 Å². The van der Waals surface area contributed by atoms with E-state index in [0.29, 0.717) is 13.0 Å². The lowest BCUT2D eigenvalue weighted by Crippen LogP contribution is -2.54. The molecule has 2 amide bonds. The number of carbonyl (C=O) groups excluding carboxylic acids is 2. The van der Waals surface area contributed by atoms with Gasteiger partial charge in [-0.15, -0.1) is 0 Å². The van der Waals surface area contributed by atoms with Gasteiger partial charge in [0.25, 0.3) is 0 Å². The maximum Gasteiger partial charge on any atom is 0.226 e. The second kappa shape index (κ2) is 8.29. The lowest BCUT2D eigenvalue weighted by atomic mass is 9.49. The normalized spacial score (nSPS) is 32.9. The van der Waals surface area contributed by atoms with E-state index in [1.165, 1.54) is 24.8 Å². The van der Waals surface area contributed by atoms with Crippen LogP contribution < -0.4 is 5.32 Å². The van der Waals surface area contributed by atoms with E-state index in [0.717, 1.165) is 69.7 Å². The first-order valence-electron chi connectivity index (χ1n) is 11.8. The molecule has 1 aromatic heterocycles. The van der Waals surface area contributed by atoms with E-state index in [-0.39, 0.29) is 17.2 Å². The summed E-state index contributed by atoms with van der Waals surface area (Å²) >= 11 is 0. The molecule has 30 heavy (non-hydrogen) atoms. The van der Waals surface area contributed by atoms with Crippen LogP contribution in [0.3, 0.4) is 0 Å². The Kier molecular flexibility index (Phi) is 5.52. The minimum atomic E-state index is -0.115. The first-order chi connectivity index (χ1) is 14.6. The van der Waals surface area contributed by atoms with Crippen molar-refractivity contribution in [3.05, 3.63) is 30.1 Å². The van der Waals surface area contributed by atoms with Crippen molar-refractivity contribution in [2.45, 2.75) is 51.5 Å². The summed E-state index contributed by atoms with van der Waals surface area (Å²) in [6.45, 7) is 4.73. The van der Waals surface area contributed by atoms with Crippen LogP contribution in [0.4, 0.5) is 0 Å². The smallest absolute Gasteiger partial charge is 0.226 e. The van der Waals surface area contributed by atoms with E-state index in [9.17, 15) is 9.59 Å². The van der Waals surface area contributed by atoms with Crippen LogP contribution in [-0.2, 0) is 16.1 Å². The van der Waals surface area contributed by atoms with E-state index in [1.54, 1.807) is 0 Å². The molecule has 5 fully saturated rings. The van der Waals surface area contributed by atoms with Gasteiger partial charge in [0.05, 0.1) is 0 Å². The molecule has 0 atom stereocenters. The SMILES string of the molecule is O=C(CCNC(=O)C12CC3CC(CC(C3)C1)C2)N1CCN(Cc2ccncc2)CC1. The van der Waals surface area contributed by atoms with Crippen LogP contribution in [0.1, 0.15) is 50.5 Å². The van der Waals surface area contributed by atoms with Crippen LogP contribution in [-0.4, -0.2) is 59.3 Å². The minimum absolute atomic E-state index is 0.115. The van der Waals surface area contributed by atoms with Crippen LogP contribution in [0.2, 0.25) is 0 Å². The topological polar surface area (TPSA) is 65.5 Å². The quantitative estimate of drug-likeness (QED) is 0.782. The summed E-state index contributed by atoms with van der Waals surface area (Å²) in [5.74, 6) is 2.71. The number of carbonyl (C=O) groups is 2. The minimum Gasteiger partial charge on any atom is -0.355 e. The molecule has 2 heterocycles. The maximum absolute atomic E-state index is 13.0. The zero-order chi connectivity index (χ0) is 20.6. The molecule has 1 N–H and O–H groups in total. The Hall–Kier alpha value is -1.95. The van der Waals surface area contributed by atoms with E-state index < -0.39 is 0 Å². The molecular formula is C24H34N4O2. The second-order valence-corrected chi connectivity index (χ2v) is 10.2. The molecule has 0 spiro atoms. The van der Waals surface area contributed by atoms with E-state index in [1.807, 2.05) is 29.4 Å². The van der Waals surface area contributed by atoms with Crippen molar-refractivity contribution in [2.75, 3.05) is 32.7 Å². The Labute approximate surface area is 179 Å². The van der Waals surface area contributed by atoms with Gasteiger partial charge in [0, 0.05) is 63.5 Å². The highest BCUT2D eigenvalue weighted by Gasteiger charge is 2.54. The highest BCUT2D eigenvalue weighted by Crippen LogP contribution is 2.60. The molecule has 5 aliphatic rings. The van der Waals surface area contributed by atoms with Crippen LogP contribution in [0, 0.1) is 23.2 Å². The third kappa shape index (κ3) is 4.11. The van der Waals surface area contributed by atoms with Gasteiger partial charge in [0.15, 0.2) is 0 Å². The van der Waals surface area contributed by atoms with Gasteiger partial charge in [-0.3, -0.25) is 19.5 Å². The molecule has 6 heteroatoms. The van der Waals surface area contributed by atoms with Gasteiger partial charge in [0.1, 0.15) is 0 Å². The number of piperazine rings is 1. The van der Waals surface area contributed by atoms with Gasteiger partial charge in [-0.05, 0) is 74.0 Å². The van der Waals surface area contributed by atoms with E-state index in [2.05, 4.69) is 15.2 Å². The number of rotatable bonds is 6. The lowest BCUT2D eigenvalue weighted by Gasteiger charge is -2.55. The molecule has 162 valence electrons. The van der Waals surface area contributed by atoms with Crippen molar-refractivity contribution < 1.29 is 9.59 Å². The van der Waals surface area contributed by atoms with E-state index >= 15 is 0 Å². The van der Waals surface area contributed by atoms with Crippen molar-refractivity contribution >= 4 is 11.8 Å². The number of pyridine rings is 1. The van der Waals surface area contributed by atoms with Gasteiger partial charge in [0.2, 0.25) is 11.8 Å². The molecule has 1 aliphatic heterocycles. The van der Waals surface area contributed by atoms with Crippen LogP contribution in [0.15, 0.2) is 24.5 Å². The van der Waals surface area contributed by atoms with Crippen LogP contribution in [0.25, 0.3) is 0 Å². The molecule has 1 aromatic rings. The zero-order valence-electron chi connectivity index (χ0n) is 17.9. The standard InChI is InChI=1S/C24H34N4O2/c29-22(28-9-7-27(8-10-28)17-18-1-4-25-5-2-18)3-6-26-23(30)24-14-19-11-20(15-24)13-21(12-19)16-24/h1-2,4-5,19-21H,3,6-17H2,(H,26,30). The Morgan fingerprint density at radius 1 is 0.967 bits per heavy atom. The average molecular weight is 411 g/mol. The van der Waals surface area contributed by atoms with Crippen LogP contribution in [0.5, 0.6) is 0 Å². The molecule has 6 rings (SSSR count). The number of nitrogens with one attached hydrogen (secondary N) is 1. The highest BCUT2D eigenvalue weighted by atomic mass is 16.2. The summed E-state index contributed by atoms with van der Waals surface area (Å²) in [5.41, 5.74) is 1.15. The van der Waals surface area contributed by atoms with Crippen molar-refractivity contribution in [1.82, 2.24) is 20.1 Å². The van der Waals surface area contributed by atoms with Gasteiger partial charge >= 0.3 is 0 Å². The maximum atomic E-state index is 13.0. The fourth-order valence-electron chi connectivity index (χ4n) is 6.92. The number of amides is 2. The molecule has 4 aliphatic carbocycles. The second-order valence-electron chi connectivity index (χ2n) is 10.2. The number of nitrogens with zero attached hydrogens (tertiary/aromatic N) is 3. The highest BCUT2D eigenvalue weighted by molar-refractivity contribution is 5.84. The largest absolute Gasteiger partial charge is 0.355 e. The Morgan fingerprint density at radius 2 is 1.57 bits per heavy atom. The fourth-order valence-corrected chi connectivity index (χ4v) is 6.92. The Balaban J connectivity index is 1.05. The molecule has 1 saturated heterocycles.